The van der Waals surface area contributed by atoms with Crippen LogP contribution in [0.1, 0.15) is 44.9 Å². The van der Waals surface area contributed by atoms with Crippen molar-refractivity contribution in [3.63, 3.8) is 0 Å². The fourth-order valence-electron chi connectivity index (χ4n) is 3.81. The van der Waals surface area contributed by atoms with E-state index in [-0.39, 0.29) is 18.6 Å². The normalized spacial score (nSPS) is 40.9. The lowest BCUT2D eigenvalue weighted by Crippen LogP contribution is -2.44. The number of hydrogen-bond donors (Lipinski definition) is 1. The number of amides is 1. The van der Waals surface area contributed by atoms with E-state index in [0.717, 1.165) is 50.5 Å². The molecule has 0 aromatic rings. The fraction of sp³-hybridized carbons (Fsp3) is 0.929. The van der Waals surface area contributed by atoms with Crippen molar-refractivity contribution in [2.24, 2.45) is 17.8 Å². The Morgan fingerprint density at radius 3 is 2.59 bits per heavy atom. The fourth-order valence-corrected chi connectivity index (χ4v) is 3.81. The first-order valence-corrected chi connectivity index (χ1v) is 7.21. The molecule has 2 saturated carbocycles. The van der Waals surface area contributed by atoms with Crippen LogP contribution in [0.3, 0.4) is 0 Å². The Morgan fingerprint density at radius 1 is 1.12 bits per heavy atom. The van der Waals surface area contributed by atoms with Crippen LogP contribution in [0.4, 0.5) is 0 Å². The van der Waals surface area contributed by atoms with Crippen LogP contribution >= 0.6 is 0 Å². The van der Waals surface area contributed by atoms with Gasteiger partial charge in [-0.15, -0.1) is 0 Å². The number of carbonyl (C=O) groups is 1. The van der Waals surface area contributed by atoms with Gasteiger partial charge in [-0.05, 0) is 43.9 Å². The van der Waals surface area contributed by atoms with Crippen molar-refractivity contribution in [1.82, 2.24) is 4.90 Å². The Labute approximate surface area is 103 Å². The van der Waals surface area contributed by atoms with Gasteiger partial charge >= 0.3 is 0 Å². The number of aliphatic hydroxyl groups is 1. The molecule has 0 aromatic carbocycles. The van der Waals surface area contributed by atoms with Gasteiger partial charge in [-0.3, -0.25) is 4.79 Å². The molecular formula is C14H23NO2. The van der Waals surface area contributed by atoms with E-state index in [1.165, 1.54) is 12.8 Å². The summed E-state index contributed by atoms with van der Waals surface area (Å²) in [6.07, 6.45) is 8.08. The summed E-state index contributed by atoms with van der Waals surface area (Å²) in [5, 5.41) is 9.45. The molecular weight excluding hydrogens is 214 g/mol. The molecule has 1 N–H and O–H groups in total. The van der Waals surface area contributed by atoms with Gasteiger partial charge in [-0.25, -0.2) is 0 Å². The lowest BCUT2D eigenvalue weighted by molar-refractivity contribution is -0.138. The second-order valence-electron chi connectivity index (χ2n) is 6.14. The average Bonchev–Trinajstić information content (AvgIpc) is 3.04. The van der Waals surface area contributed by atoms with Crippen LogP contribution in [-0.4, -0.2) is 35.1 Å². The van der Waals surface area contributed by atoms with Crippen LogP contribution in [0.2, 0.25) is 0 Å². The van der Waals surface area contributed by atoms with Gasteiger partial charge in [-0.2, -0.15) is 0 Å². The van der Waals surface area contributed by atoms with Crippen LogP contribution in [0.25, 0.3) is 0 Å². The van der Waals surface area contributed by atoms with E-state index in [9.17, 15) is 9.90 Å². The summed E-state index contributed by atoms with van der Waals surface area (Å²) in [6, 6.07) is 0.0990. The highest BCUT2D eigenvalue weighted by molar-refractivity contribution is 5.79. The summed E-state index contributed by atoms with van der Waals surface area (Å²) in [7, 11) is 0. The molecule has 96 valence electrons. The molecule has 0 aromatic heterocycles. The highest BCUT2D eigenvalue weighted by Crippen LogP contribution is 2.54. The molecule has 0 spiro atoms. The lowest BCUT2D eigenvalue weighted by Gasteiger charge is -2.31. The minimum Gasteiger partial charge on any atom is -0.394 e. The smallest absolute Gasteiger partial charge is 0.226 e. The van der Waals surface area contributed by atoms with Crippen molar-refractivity contribution in [3.8, 4) is 0 Å². The summed E-state index contributed by atoms with van der Waals surface area (Å²) in [5.41, 5.74) is 0. The number of rotatable bonds is 2. The Morgan fingerprint density at radius 2 is 1.88 bits per heavy atom. The maximum atomic E-state index is 12.5. The molecule has 1 amide bonds. The molecule has 3 atom stereocenters. The van der Waals surface area contributed by atoms with Crippen LogP contribution < -0.4 is 0 Å². The molecule has 1 heterocycles. The van der Waals surface area contributed by atoms with Gasteiger partial charge in [0.1, 0.15) is 0 Å². The largest absolute Gasteiger partial charge is 0.394 e. The Kier molecular flexibility index (Phi) is 3.12. The molecule has 0 radical (unpaired) electrons. The third-order valence-corrected chi connectivity index (χ3v) is 4.96. The topological polar surface area (TPSA) is 40.5 Å². The Hall–Kier alpha value is -0.570. The van der Waals surface area contributed by atoms with Crippen molar-refractivity contribution >= 4 is 5.91 Å². The summed E-state index contributed by atoms with van der Waals surface area (Å²) in [5.74, 6) is 2.36. The third-order valence-electron chi connectivity index (χ3n) is 4.96. The molecule has 3 rings (SSSR count). The summed E-state index contributed by atoms with van der Waals surface area (Å²) in [4.78, 5) is 14.5. The van der Waals surface area contributed by atoms with Crippen LogP contribution in [0.15, 0.2) is 0 Å². The van der Waals surface area contributed by atoms with Gasteiger partial charge in [0.25, 0.3) is 0 Å². The molecule has 2 aliphatic carbocycles. The first-order chi connectivity index (χ1) is 8.29. The minimum atomic E-state index is 0.0990. The average molecular weight is 237 g/mol. The zero-order valence-corrected chi connectivity index (χ0v) is 10.5. The van der Waals surface area contributed by atoms with E-state index in [1.807, 2.05) is 4.90 Å². The van der Waals surface area contributed by atoms with Gasteiger partial charge in [0, 0.05) is 12.5 Å². The van der Waals surface area contributed by atoms with Crippen molar-refractivity contribution in [2.75, 3.05) is 13.2 Å². The molecule has 3 aliphatic rings. The van der Waals surface area contributed by atoms with Gasteiger partial charge in [-0.1, -0.05) is 12.8 Å². The standard InChI is InChI=1S/C14H23NO2/c16-9-13-4-2-1-3-5-15(13)14(17)12-7-10-6-11(10)8-12/h10-13,16H,1-9H2. The molecule has 3 heteroatoms. The van der Waals surface area contributed by atoms with Crippen molar-refractivity contribution in [2.45, 2.75) is 51.0 Å². The maximum absolute atomic E-state index is 12.5. The van der Waals surface area contributed by atoms with Crippen molar-refractivity contribution in [1.29, 1.82) is 0 Å². The first-order valence-electron chi connectivity index (χ1n) is 7.21. The summed E-state index contributed by atoms with van der Waals surface area (Å²) in [6.45, 7) is 1.02. The number of likely N-dealkylation sites (tertiary alicyclic amines) is 1. The van der Waals surface area contributed by atoms with Gasteiger partial charge in [0.2, 0.25) is 5.91 Å². The number of fused-ring (bicyclic) bond motifs is 1. The van der Waals surface area contributed by atoms with E-state index in [0.29, 0.717) is 5.91 Å². The first kappa shape index (κ1) is 11.5. The molecule has 0 bridgehead atoms. The SMILES string of the molecule is O=C(C1CC2CC2C1)N1CCCCCC1CO. The lowest BCUT2D eigenvalue weighted by atomic mass is 10.0. The highest BCUT2D eigenvalue weighted by atomic mass is 16.3. The Balaban J connectivity index is 1.65. The van der Waals surface area contributed by atoms with E-state index >= 15 is 0 Å². The summed E-state index contributed by atoms with van der Waals surface area (Å²) < 4.78 is 0. The Bertz CT molecular complexity index is 295. The number of hydrogen-bond acceptors (Lipinski definition) is 2. The van der Waals surface area contributed by atoms with Crippen LogP contribution in [-0.2, 0) is 4.79 Å². The van der Waals surface area contributed by atoms with Gasteiger partial charge in [0.15, 0.2) is 0 Å². The molecule has 1 saturated heterocycles. The quantitative estimate of drug-likeness (QED) is 0.795. The number of aliphatic hydroxyl groups excluding tert-OH is 1. The maximum Gasteiger partial charge on any atom is 0.226 e. The number of carbonyl (C=O) groups excluding carboxylic acids is 1. The zero-order chi connectivity index (χ0) is 11.8. The van der Waals surface area contributed by atoms with Crippen molar-refractivity contribution < 1.29 is 9.90 Å². The second kappa shape index (κ2) is 4.60. The molecule has 3 unspecified atom stereocenters. The molecule has 3 nitrogen and oxygen atoms in total. The highest BCUT2D eigenvalue weighted by Gasteiger charge is 2.49. The van der Waals surface area contributed by atoms with Crippen LogP contribution in [0, 0.1) is 17.8 Å². The zero-order valence-electron chi connectivity index (χ0n) is 10.5. The minimum absolute atomic E-state index is 0.0990. The predicted molar refractivity (Wildman–Crippen MR) is 65.4 cm³/mol. The van der Waals surface area contributed by atoms with Gasteiger partial charge in [0.05, 0.1) is 12.6 Å². The second-order valence-corrected chi connectivity index (χ2v) is 6.14. The van der Waals surface area contributed by atoms with E-state index < -0.39 is 0 Å². The van der Waals surface area contributed by atoms with Crippen molar-refractivity contribution in [3.05, 3.63) is 0 Å². The third kappa shape index (κ3) is 2.22. The molecule has 3 fully saturated rings. The summed E-state index contributed by atoms with van der Waals surface area (Å²) >= 11 is 0. The van der Waals surface area contributed by atoms with E-state index in [2.05, 4.69) is 0 Å². The van der Waals surface area contributed by atoms with E-state index in [1.54, 1.807) is 0 Å². The predicted octanol–water partition coefficient (Wildman–Crippen LogP) is 1.80. The van der Waals surface area contributed by atoms with Gasteiger partial charge < -0.3 is 10.0 Å². The molecule has 17 heavy (non-hydrogen) atoms. The molecule has 1 aliphatic heterocycles. The van der Waals surface area contributed by atoms with Crippen LogP contribution in [0.5, 0.6) is 0 Å². The number of nitrogens with zero attached hydrogens (tertiary/aromatic N) is 1. The monoisotopic (exact) mass is 237 g/mol. The van der Waals surface area contributed by atoms with E-state index in [4.69, 9.17) is 0 Å².